The summed E-state index contributed by atoms with van der Waals surface area (Å²) >= 11 is 7.26. The van der Waals surface area contributed by atoms with Crippen molar-refractivity contribution in [3.05, 3.63) is 26.6 Å². The van der Waals surface area contributed by atoms with Crippen molar-refractivity contribution in [2.45, 2.75) is 19.2 Å². The lowest BCUT2D eigenvalue weighted by Crippen LogP contribution is -2.12. The normalized spacial score (nSPS) is 10.7. The van der Waals surface area contributed by atoms with Gasteiger partial charge < -0.3 is 4.74 Å². The van der Waals surface area contributed by atoms with Crippen molar-refractivity contribution in [2.24, 2.45) is 0 Å². The Kier molecular flexibility index (Phi) is 5.51. The zero-order chi connectivity index (χ0) is 13.0. The Morgan fingerprint density at radius 3 is 2.76 bits per heavy atom. The van der Waals surface area contributed by atoms with Crippen LogP contribution in [0.15, 0.2) is 6.07 Å². The molecular weight excluding hydrogens is 366 g/mol. The summed E-state index contributed by atoms with van der Waals surface area (Å²) in [6, 6.07) is 1.19. The summed E-state index contributed by atoms with van der Waals surface area (Å²) in [5.74, 6) is -0.723. The Bertz CT molecular complexity index is 429. The molecule has 94 valence electrons. The number of ether oxygens (including phenoxy) is 1. The number of aromatic nitrogens is 1. The molecular formula is C10H9ClF2INO2. The van der Waals surface area contributed by atoms with E-state index in [2.05, 4.69) is 4.98 Å². The quantitative estimate of drug-likeness (QED) is 0.350. The van der Waals surface area contributed by atoms with E-state index < -0.39 is 12.4 Å². The minimum Gasteiger partial charge on any atom is -0.461 e. The molecule has 0 aliphatic heterocycles. The van der Waals surface area contributed by atoms with Gasteiger partial charge >= 0.3 is 5.97 Å². The molecule has 0 amide bonds. The van der Waals surface area contributed by atoms with Crippen molar-refractivity contribution in [3.63, 3.8) is 0 Å². The maximum atomic E-state index is 12.6. The first kappa shape index (κ1) is 14.6. The van der Waals surface area contributed by atoms with Gasteiger partial charge in [0, 0.05) is 11.4 Å². The highest BCUT2D eigenvalue weighted by Crippen LogP contribution is 2.26. The fourth-order valence-corrected chi connectivity index (χ4v) is 2.02. The molecule has 1 heterocycles. The van der Waals surface area contributed by atoms with Gasteiger partial charge in [-0.1, -0.05) is 0 Å². The van der Waals surface area contributed by atoms with Crippen LogP contribution >= 0.6 is 34.2 Å². The maximum Gasteiger partial charge on any atom is 0.357 e. The molecule has 17 heavy (non-hydrogen) atoms. The molecule has 0 fully saturated rings. The first-order chi connectivity index (χ1) is 8.01. The van der Waals surface area contributed by atoms with Gasteiger partial charge in [-0.25, -0.2) is 18.6 Å². The van der Waals surface area contributed by atoms with Crippen molar-refractivity contribution in [1.82, 2.24) is 4.98 Å². The Morgan fingerprint density at radius 1 is 1.65 bits per heavy atom. The minimum absolute atomic E-state index is 0.00403. The second-order valence-corrected chi connectivity index (χ2v) is 4.32. The third kappa shape index (κ3) is 3.48. The van der Waals surface area contributed by atoms with Crippen molar-refractivity contribution < 1.29 is 18.3 Å². The number of hydrogen-bond acceptors (Lipinski definition) is 3. The van der Waals surface area contributed by atoms with Gasteiger partial charge in [0.25, 0.3) is 6.43 Å². The maximum absolute atomic E-state index is 12.6. The molecule has 0 bridgehead atoms. The average molecular weight is 376 g/mol. The number of carbonyl (C=O) groups is 1. The number of nitrogens with zero attached hydrogens (tertiary/aromatic N) is 1. The second-order valence-electron chi connectivity index (χ2n) is 3.03. The van der Waals surface area contributed by atoms with Gasteiger partial charge in [0.05, 0.1) is 12.2 Å². The lowest BCUT2D eigenvalue weighted by molar-refractivity contribution is 0.0517. The lowest BCUT2D eigenvalue weighted by atomic mass is 10.1. The van der Waals surface area contributed by atoms with E-state index >= 15 is 0 Å². The molecule has 1 aromatic rings. The van der Waals surface area contributed by atoms with Gasteiger partial charge in [0.15, 0.2) is 5.69 Å². The van der Waals surface area contributed by atoms with Gasteiger partial charge in [-0.15, -0.1) is 11.6 Å². The highest BCUT2D eigenvalue weighted by atomic mass is 127. The molecule has 1 aromatic heterocycles. The fraction of sp³-hybridized carbons (Fsp3) is 0.400. The standard InChI is InChI=1S/C10H9ClF2INO2/c1-2-17-10(16)7-5(4-11)3-6(8(12)13)9(14)15-7/h3,8H,2,4H2,1H3. The van der Waals surface area contributed by atoms with E-state index in [1.165, 1.54) is 6.07 Å². The Morgan fingerprint density at radius 2 is 2.29 bits per heavy atom. The topological polar surface area (TPSA) is 39.2 Å². The van der Waals surface area contributed by atoms with E-state index in [4.69, 9.17) is 16.3 Å². The third-order valence-electron chi connectivity index (χ3n) is 1.93. The predicted molar refractivity (Wildman–Crippen MR) is 67.4 cm³/mol. The van der Waals surface area contributed by atoms with Crippen LogP contribution in [-0.2, 0) is 10.6 Å². The van der Waals surface area contributed by atoms with Crippen molar-refractivity contribution in [3.8, 4) is 0 Å². The number of hydrogen-bond donors (Lipinski definition) is 0. The van der Waals surface area contributed by atoms with Crippen LogP contribution in [0.5, 0.6) is 0 Å². The van der Waals surface area contributed by atoms with Crippen molar-refractivity contribution in [1.29, 1.82) is 0 Å². The zero-order valence-corrected chi connectivity index (χ0v) is 11.8. The Labute approximate surface area is 116 Å². The van der Waals surface area contributed by atoms with Crippen LogP contribution in [0.4, 0.5) is 8.78 Å². The van der Waals surface area contributed by atoms with Crippen molar-refractivity contribution >= 4 is 40.2 Å². The first-order valence-corrected chi connectivity index (χ1v) is 6.33. The molecule has 0 aromatic carbocycles. The highest BCUT2D eigenvalue weighted by Gasteiger charge is 2.20. The summed E-state index contributed by atoms with van der Waals surface area (Å²) in [7, 11) is 0. The molecule has 3 nitrogen and oxygen atoms in total. The molecule has 7 heteroatoms. The minimum atomic E-state index is -2.65. The smallest absolute Gasteiger partial charge is 0.357 e. The second kappa shape index (κ2) is 6.44. The number of halogens is 4. The van der Waals surface area contributed by atoms with Crippen LogP contribution in [0.2, 0.25) is 0 Å². The number of carbonyl (C=O) groups excluding carboxylic acids is 1. The Balaban J connectivity index is 3.23. The van der Waals surface area contributed by atoms with Gasteiger partial charge in [0.1, 0.15) is 3.70 Å². The summed E-state index contributed by atoms with van der Waals surface area (Å²) in [4.78, 5) is 15.4. The van der Waals surface area contributed by atoms with Gasteiger partial charge in [-0.3, -0.25) is 0 Å². The number of alkyl halides is 3. The number of pyridine rings is 1. The van der Waals surface area contributed by atoms with Crippen LogP contribution in [0.3, 0.4) is 0 Å². The molecule has 0 saturated heterocycles. The van der Waals surface area contributed by atoms with E-state index in [1.54, 1.807) is 29.5 Å². The monoisotopic (exact) mass is 375 g/mol. The highest BCUT2D eigenvalue weighted by molar-refractivity contribution is 14.1. The molecule has 0 unspecified atom stereocenters. The summed E-state index contributed by atoms with van der Waals surface area (Å²) in [5, 5.41) is 0. The van der Waals surface area contributed by atoms with Crippen LogP contribution in [0.25, 0.3) is 0 Å². The molecule has 0 spiro atoms. The van der Waals surface area contributed by atoms with E-state index in [0.717, 1.165) is 0 Å². The summed E-state index contributed by atoms with van der Waals surface area (Å²) < 4.78 is 30.1. The lowest BCUT2D eigenvalue weighted by Gasteiger charge is -2.09. The summed E-state index contributed by atoms with van der Waals surface area (Å²) in [5.41, 5.74) is 0.0192. The van der Waals surface area contributed by atoms with Crippen LogP contribution in [-0.4, -0.2) is 17.6 Å². The number of esters is 1. The van der Waals surface area contributed by atoms with Crippen LogP contribution in [0, 0.1) is 3.70 Å². The van der Waals surface area contributed by atoms with Gasteiger partial charge in [-0.05, 0) is 35.6 Å². The molecule has 0 aliphatic rings. The van der Waals surface area contributed by atoms with E-state index in [0.29, 0.717) is 0 Å². The zero-order valence-electron chi connectivity index (χ0n) is 8.84. The third-order valence-corrected chi connectivity index (χ3v) is 3.08. The average Bonchev–Trinajstić information content (AvgIpc) is 2.28. The SMILES string of the molecule is CCOC(=O)c1nc(I)c(C(F)F)cc1CCl. The van der Waals surface area contributed by atoms with E-state index in [1.807, 2.05) is 0 Å². The number of rotatable bonds is 4. The predicted octanol–water partition coefficient (Wildman–Crippen LogP) is 3.54. The van der Waals surface area contributed by atoms with Gasteiger partial charge in [-0.2, -0.15) is 0 Å². The largest absolute Gasteiger partial charge is 0.461 e. The molecule has 0 N–H and O–H groups in total. The first-order valence-electron chi connectivity index (χ1n) is 4.71. The summed E-state index contributed by atoms with van der Waals surface area (Å²) in [6.45, 7) is 1.84. The van der Waals surface area contributed by atoms with E-state index in [9.17, 15) is 13.6 Å². The summed E-state index contributed by atoms with van der Waals surface area (Å²) in [6.07, 6.45) is -2.65. The molecule has 1 rings (SSSR count). The van der Waals surface area contributed by atoms with Crippen LogP contribution in [0.1, 0.15) is 35.0 Å². The van der Waals surface area contributed by atoms with Crippen LogP contribution < -0.4 is 0 Å². The van der Waals surface area contributed by atoms with E-state index in [-0.39, 0.29) is 33.0 Å². The molecule has 0 saturated carbocycles. The van der Waals surface area contributed by atoms with Crippen molar-refractivity contribution in [2.75, 3.05) is 6.61 Å². The Hall–Kier alpha value is -0.500. The molecule has 0 aliphatic carbocycles. The fourth-order valence-electron chi connectivity index (χ4n) is 1.18. The van der Waals surface area contributed by atoms with Gasteiger partial charge in [0.2, 0.25) is 0 Å². The molecule has 0 atom stereocenters. The molecule has 0 radical (unpaired) electrons.